The molecule has 0 fully saturated rings. The molecule has 0 bridgehead atoms. The first kappa shape index (κ1) is 18.3. The van der Waals surface area contributed by atoms with Crippen LogP contribution in [-0.4, -0.2) is 6.72 Å². The standard InChI is InChI=1S/C12H17N.2C2H6/c1-9(2)7-11-6-5-10(3)8-12(11)13-4;2*1-2/h5-6,8-9H,4,7H2,1-3H3;2*1-2H3. The first-order valence-corrected chi connectivity index (χ1v) is 6.69. The van der Waals surface area contributed by atoms with E-state index in [1.165, 1.54) is 11.1 Å². The van der Waals surface area contributed by atoms with E-state index in [1.54, 1.807) is 0 Å². The Morgan fingerprint density at radius 1 is 1.12 bits per heavy atom. The van der Waals surface area contributed by atoms with Crippen molar-refractivity contribution in [2.24, 2.45) is 10.9 Å². The maximum Gasteiger partial charge on any atom is 0.0657 e. The molecule has 0 aliphatic rings. The summed E-state index contributed by atoms with van der Waals surface area (Å²) in [6.45, 7) is 18.1. The summed E-state index contributed by atoms with van der Waals surface area (Å²) in [6, 6.07) is 6.37. The molecule has 0 unspecified atom stereocenters. The van der Waals surface area contributed by atoms with Crippen LogP contribution in [0.4, 0.5) is 5.69 Å². The highest BCUT2D eigenvalue weighted by molar-refractivity contribution is 5.53. The van der Waals surface area contributed by atoms with Gasteiger partial charge in [0.2, 0.25) is 0 Å². The van der Waals surface area contributed by atoms with E-state index < -0.39 is 0 Å². The van der Waals surface area contributed by atoms with Crippen molar-refractivity contribution >= 4 is 12.4 Å². The molecule has 1 heteroatoms. The van der Waals surface area contributed by atoms with Gasteiger partial charge in [-0.25, -0.2) is 0 Å². The van der Waals surface area contributed by atoms with Crippen LogP contribution in [0.25, 0.3) is 0 Å². The van der Waals surface area contributed by atoms with Crippen LogP contribution in [0.3, 0.4) is 0 Å². The Hall–Kier alpha value is -1.11. The minimum absolute atomic E-state index is 0.670. The van der Waals surface area contributed by atoms with Crippen LogP contribution >= 0.6 is 0 Å². The summed E-state index contributed by atoms with van der Waals surface area (Å²) in [4.78, 5) is 4.03. The lowest BCUT2D eigenvalue weighted by atomic mass is 10.00. The van der Waals surface area contributed by atoms with Gasteiger partial charge in [-0.15, -0.1) is 0 Å². The first-order valence-electron chi connectivity index (χ1n) is 6.69. The van der Waals surface area contributed by atoms with Gasteiger partial charge in [0.15, 0.2) is 0 Å². The van der Waals surface area contributed by atoms with Gasteiger partial charge in [-0.05, 0) is 43.2 Å². The highest BCUT2D eigenvalue weighted by atomic mass is 14.7. The number of nitrogens with zero attached hydrogens (tertiary/aromatic N) is 1. The lowest BCUT2D eigenvalue weighted by Crippen LogP contribution is -1.94. The van der Waals surface area contributed by atoms with Crippen molar-refractivity contribution < 1.29 is 0 Å². The topological polar surface area (TPSA) is 12.4 Å². The second-order valence-electron chi connectivity index (χ2n) is 3.89. The Morgan fingerprint density at radius 2 is 1.65 bits per heavy atom. The molecule has 0 aliphatic heterocycles. The van der Waals surface area contributed by atoms with Crippen molar-refractivity contribution in [2.45, 2.75) is 54.9 Å². The van der Waals surface area contributed by atoms with Crippen molar-refractivity contribution in [2.75, 3.05) is 0 Å². The highest BCUT2D eigenvalue weighted by Crippen LogP contribution is 2.22. The molecule has 17 heavy (non-hydrogen) atoms. The van der Waals surface area contributed by atoms with Crippen molar-refractivity contribution in [3.8, 4) is 0 Å². The van der Waals surface area contributed by atoms with Crippen LogP contribution in [0.2, 0.25) is 0 Å². The Bertz CT molecular complexity index is 300. The van der Waals surface area contributed by atoms with Crippen LogP contribution in [0.15, 0.2) is 23.2 Å². The van der Waals surface area contributed by atoms with Crippen LogP contribution in [0.5, 0.6) is 0 Å². The summed E-state index contributed by atoms with van der Waals surface area (Å²) in [5, 5.41) is 0. The predicted molar refractivity (Wildman–Crippen MR) is 81.6 cm³/mol. The van der Waals surface area contributed by atoms with E-state index in [2.05, 4.69) is 50.7 Å². The molecule has 0 atom stereocenters. The molecular formula is C16H29N. The zero-order chi connectivity index (χ0) is 13.8. The molecule has 0 radical (unpaired) electrons. The van der Waals surface area contributed by atoms with Crippen molar-refractivity contribution in [3.63, 3.8) is 0 Å². The number of hydrogen-bond acceptors (Lipinski definition) is 1. The Morgan fingerprint density at radius 3 is 2.06 bits per heavy atom. The first-order chi connectivity index (χ1) is 8.13. The number of aliphatic imine (C=N–C) groups is 1. The molecule has 1 aromatic rings. The predicted octanol–water partition coefficient (Wildman–Crippen LogP) is 5.58. The highest BCUT2D eigenvalue weighted by Gasteiger charge is 2.03. The SMILES string of the molecule is C=Nc1cc(C)ccc1CC(C)C.CC.CC. The van der Waals surface area contributed by atoms with Crippen LogP contribution in [-0.2, 0) is 6.42 Å². The van der Waals surface area contributed by atoms with E-state index in [9.17, 15) is 0 Å². The third-order valence-electron chi connectivity index (χ3n) is 2.04. The van der Waals surface area contributed by atoms with E-state index >= 15 is 0 Å². The number of benzene rings is 1. The molecule has 0 amide bonds. The van der Waals surface area contributed by atoms with Gasteiger partial charge in [0, 0.05) is 0 Å². The second-order valence-corrected chi connectivity index (χ2v) is 3.89. The summed E-state index contributed by atoms with van der Waals surface area (Å²) < 4.78 is 0. The smallest absolute Gasteiger partial charge is 0.0657 e. The molecule has 0 spiro atoms. The molecule has 0 saturated heterocycles. The maximum atomic E-state index is 4.03. The van der Waals surface area contributed by atoms with Crippen LogP contribution < -0.4 is 0 Å². The lowest BCUT2D eigenvalue weighted by Gasteiger charge is -2.08. The summed E-state index contributed by atoms with van der Waals surface area (Å²) in [6.07, 6.45) is 1.08. The molecule has 98 valence electrons. The third kappa shape index (κ3) is 7.73. The Balaban J connectivity index is 0. The lowest BCUT2D eigenvalue weighted by molar-refractivity contribution is 0.648. The minimum Gasteiger partial charge on any atom is -0.264 e. The quantitative estimate of drug-likeness (QED) is 0.607. The summed E-state index contributed by atoms with van der Waals surface area (Å²) in [5.74, 6) is 0.670. The van der Waals surface area contributed by atoms with E-state index in [0.717, 1.165) is 12.1 Å². The van der Waals surface area contributed by atoms with Gasteiger partial charge in [0.25, 0.3) is 0 Å². The molecule has 0 aliphatic carbocycles. The summed E-state index contributed by atoms with van der Waals surface area (Å²) in [5.41, 5.74) is 3.58. The number of hydrogen-bond donors (Lipinski definition) is 0. The molecule has 0 saturated carbocycles. The third-order valence-corrected chi connectivity index (χ3v) is 2.04. The van der Waals surface area contributed by atoms with Gasteiger partial charge >= 0.3 is 0 Å². The monoisotopic (exact) mass is 235 g/mol. The fourth-order valence-electron chi connectivity index (χ4n) is 1.43. The van der Waals surface area contributed by atoms with Crippen LogP contribution in [0.1, 0.15) is 52.7 Å². The van der Waals surface area contributed by atoms with Crippen molar-refractivity contribution in [3.05, 3.63) is 29.3 Å². The summed E-state index contributed by atoms with van der Waals surface area (Å²) in [7, 11) is 0. The van der Waals surface area contributed by atoms with E-state index in [4.69, 9.17) is 0 Å². The largest absolute Gasteiger partial charge is 0.264 e. The van der Waals surface area contributed by atoms with Gasteiger partial charge in [0.05, 0.1) is 5.69 Å². The zero-order valence-electron chi connectivity index (χ0n) is 12.7. The van der Waals surface area contributed by atoms with Gasteiger partial charge in [-0.1, -0.05) is 53.7 Å². The molecule has 0 aromatic heterocycles. The van der Waals surface area contributed by atoms with E-state index in [-0.39, 0.29) is 0 Å². The van der Waals surface area contributed by atoms with Gasteiger partial charge in [0.1, 0.15) is 0 Å². The maximum absolute atomic E-state index is 4.03. The van der Waals surface area contributed by atoms with E-state index in [1.807, 2.05) is 27.7 Å². The van der Waals surface area contributed by atoms with E-state index in [0.29, 0.717) is 5.92 Å². The van der Waals surface area contributed by atoms with Gasteiger partial charge in [-0.3, -0.25) is 4.99 Å². The molecule has 1 aromatic carbocycles. The van der Waals surface area contributed by atoms with Crippen molar-refractivity contribution in [1.82, 2.24) is 0 Å². The Kier molecular flexibility index (Phi) is 12.2. The molecular weight excluding hydrogens is 206 g/mol. The minimum atomic E-state index is 0.670. The number of rotatable bonds is 3. The average Bonchev–Trinajstić information content (AvgIpc) is 2.36. The van der Waals surface area contributed by atoms with Gasteiger partial charge < -0.3 is 0 Å². The molecule has 0 N–H and O–H groups in total. The van der Waals surface area contributed by atoms with Crippen molar-refractivity contribution in [1.29, 1.82) is 0 Å². The molecule has 1 rings (SSSR count). The zero-order valence-corrected chi connectivity index (χ0v) is 12.7. The van der Waals surface area contributed by atoms with Crippen LogP contribution in [0, 0.1) is 12.8 Å². The fraction of sp³-hybridized carbons (Fsp3) is 0.562. The second kappa shape index (κ2) is 11.4. The number of aryl methyl sites for hydroxylation is 1. The van der Waals surface area contributed by atoms with Gasteiger partial charge in [-0.2, -0.15) is 0 Å². The fourth-order valence-corrected chi connectivity index (χ4v) is 1.43. The molecule has 1 nitrogen and oxygen atoms in total. The summed E-state index contributed by atoms with van der Waals surface area (Å²) >= 11 is 0. The Labute approximate surface area is 108 Å². The normalized spacial score (nSPS) is 8.71. The average molecular weight is 235 g/mol. The molecule has 0 heterocycles.